The van der Waals surface area contributed by atoms with Crippen LogP contribution < -0.4 is 0 Å². The molecule has 0 bridgehead atoms. The summed E-state index contributed by atoms with van der Waals surface area (Å²) in [6, 6.07) is 36.0. The van der Waals surface area contributed by atoms with Gasteiger partial charge in [0.15, 0.2) is 0 Å². The molecule has 2 aromatic heterocycles. The molecule has 4 aromatic carbocycles. The summed E-state index contributed by atoms with van der Waals surface area (Å²) < 4.78 is 1.84. The van der Waals surface area contributed by atoms with E-state index in [4.69, 9.17) is 4.98 Å². The zero-order valence-electron chi connectivity index (χ0n) is 20.3. The Morgan fingerprint density at radius 1 is 0.703 bits per heavy atom. The van der Waals surface area contributed by atoms with Gasteiger partial charge in [0.2, 0.25) is 11.1 Å². The monoisotopic (exact) mass is 500 g/mol. The van der Waals surface area contributed by atoms with E-state index in [0.717, 1.165) is 44.3 Å². The van der Waals surface area contributed by atoms with Gasteiger partial charge in [0.05, 0.1) is 16.3 Å². The average Bonchev–Trinajstić information content (AvgIpc) is 3.31. The van der Waals surface area contributed by atoms with E-state index in [-0.39, 0.29) is 11.2 Å². The lowest BCUT2D eigenvalue weighted by Crippen LogP contribution is -2.23. The molecule has 0 spiro atoms. The minimum absolute atomic E-state index is 0.0156. The van der Waals surface area contributed by atoms with E-state index in [2.05, 4.69) is 22.3 Å². The number of hydrogen-bond donors (Lipinski definition) is 0. The molecule has 6 rings (SSSR count). The number of benzene rings is 4. The fraction of sp³-hybridized carbons (Fsp3) is 0.0968. The molecule has 0 radical (unpaired) electrons. The van der Waals surface area contributed by atoms with Gasteiger partial charge < -0.3 is 0 Å². The first-order valence-corrected chi connectivity index (χ1v) is 13.2. The average molecular weight is 501 g/mol. The molecule has 1 atom stereocenters. The summed E-state index contributed by atoms with van der Waals surface area (Å²) in [5.41, 5.74) is 5.21. The minimum Gasteiger partial charge on any atom is -0.279 e. The standard InChI is InChI=1S/C31H24N4OS/c1-2-27(30(36)35-25-19-11-9-17-23(25)24-18-10-12-20-26(24)35)37-31-32-28(21-13-5-3-6-14-21)29(33-34-31)22-15-7-4-8-16-22/h3-20,27H,2H2,1H3. The quantitative estimate of drug-likeness (QED) is 0.221. The highest BCUT2D eigenvalue weighted by Gasteiger charge is 2.25. The van der Waals surface area contributed by atoms with Crippen molar-refractivity contribution < 1.29 is 4.79 Å². The summed E-state index contributed by atoms with van der Waals surface area (Å²) >= 11 is 1.37. The van der Waals surface area contributed by atoms with Crippen LogP contribution in [0.25, 0.3) is 44.3 Å². The van der Waals surface area contributed by atoms with E-state index in [9.17, 15) is 4.79 Å². The Morgan fingerprint density at radius 2 is 1.22 bits per heavy atom. The Morgan fingerprint density at radius 3 is 1.78 bits per heavy atom. The summed E-state index contributed by atoms with van der Waals surface area (Å²) in [6.45, 7) is 2.02. The molecule has 0 fully saturated rings. The topological polar surface area (TPSA) is 60.7 Å². The first kappa shape index (κ1) is 23.1. The van der Waals surface area contributed by atoms with Crippen LogP contribution in [0.5, 0.6) is 0 Å². The van der Waals surface area contributed by atoms with E-state index < -0.39 is 0 Å². The van der Waals surface area contributed by atoms with Gasteiger partial charge in [0, 0.05) is 21.9 Å². The maximum Gasteiger partial charge on any atom is 0.245 e. The number of thioether (sulfide) groups is 1. The van der Waals surface area contributed by atoms with Crippen molar-refractivity contribution in [3.63, 3.8) is 0 Å². The van der Waals surface area contributed by atoms with Crippen LogP contribution >= 0.6 is 11.8 Å². The van der Waals surface area contributed by atoms with Crippen molar-refractivity contribution in [1.82, 2.24) is 19.7 Å². The molecular weight excluding hydrogens is 476 g/mol. The number of carbonyl (C=O) groups is 1. The van der Waals surface area contributed by atoms with Crippen LogP contribution in [0.2, 0.25) is 0 Å². The molecule has 37 heavy (non-hydrogen) atoms. The molecule has 2 heterocycles. The van der Waals surface area contributed by atoms with Crippen LogP contribution in [0.4, 0.5) is 0 Å². The molecule has 0 saturated carbocycles. The predicted molar refractivity (Wildman–Crippen MR) is 151 cm³/mol. The Balaban J connectivity index is 1.41. The van der Waals surface area contributed by atoms with Gasteiger partial charge in [-0.1, -0.05) is 116 Å². The molecule has 180 valence electrons. The molecule has 6 heteroatoms. The number of nitrogens with zero attached hydrogens (tertiary/aromatic N) is 4. The van der Waals surface area contributed by atoms with Crippen molar-refractivity contribution in [2.45, 2.75) is 23.8 Å². The van der Waals surface area contributed by atoms with Gasteiger partial charge in [-0.15, -0.1) is 10.2 Å². The third kappa shape index (κ3) is 4.30. The fourth-order valence-corrected chi connectivity index (χ4v) is 5.55. The predicted octanol–water partition coefficient (Wildman–Crippen LogP) is 7.52. The third-order valence-electron chi connectivity index (χ3n) is 6.46. The van der Waals surface area contributed by atoms with Crippen LogP contribution in [0, 0.1) is 0 Å². The second-order valence-electron chi connectivity index (χ2n) is 8.75. The van der Waals surface area contributed by atoms with Crippen LogP contribution in [0.1, 0.15) is 18.1 Å². The van der Waals surface area contributed by atoms with Crippen molar-refractivity contribution in [3.05, 3.63) is 109 Å². The van der Waals surface area contributed by atoms with E-state index in [1.807, 2.05) is 109 Å². The van der Waals surface area contributed by atoms with Gasteiger partial charge in [0.1, 0.15) is 11.4 Å². The number of rotatable bonds is 6. The largest absolute Gasteiger partial charge is 0.279 e. The molecule has 5 nitrogen and oxygen atoms in total. The first-order valence-electron chi connectivity index (χ1n) is 12.3. The van der Waals surface area contributed by atoms with Gasteiger partial charge in [-0.25, -0.2) is 4.98 Å². The SMILES string of the molecule is CCC(Sc1nnc(-c2ccccc2)c(-c2ccccc2)n1)C(=O)n1c2ccccc2c2ccccc21. The Bertz CT molecular complexity index is 1660. The highest BCUT2D eigenvalue weighted by atomic mass is 32.2. The van der Waals surface area contributed by atoms with Gasteiger partial charge >= 0.3 is 0 Å². The van der Waals surface area contributed by atoms with Gasteiger partial charge in [-0.05, 0) is 18.6 Å². The normalized spacial score (nSPS) is 12.1. The zero-order chi connectivity index (χ0) is 25.2. The highest BCUT2D eigenvalue weighted by molar-refractivity contribution is 8.00. The first-order chi connectivity index (χ1) is 18.2. The van der Waals surface area contributed by atoms with E-state index in [0.29, 0.717) is 11.6 Å². The molecular formula is C31H24N4OS. The Kier molecular flexibility index (Phi) is 6.25. The molecule has 0 N–H and O–H groups in total. The maximum absolute atomic E-state index is 14.0. The lowest BCUT2D eigenvalue weighted by Gasteiger charge is -2.16. The smallest absolute Gasteiger partial charge is 0.245 e. The Hall–Kier alpha value is -4.29. The number of hydrogen-bond acceptors (Lipinski definition) is 5. The van der Waals surface area contributed by atoms with Crippen LogP contribution in [0.15, 0.2) is 114 Å². The molecule has 1 unspecified atom stereocenters. The third-order valence-corrected chi connectivity index (χ3v) is 7.66. The second-order valence-corrected chi connectivity index (χ2v) is 9.92. The number of fused-ring (bicyclic) bond motifs is 3. The van der Waals surface area contributed by atoms with Gasteiger partial charge in [-0.3, -0.25) is 9.36 Å². The molecule has 0 aliphatic rings. The zero-order valence-corrected chi connectivity index (χ0v) is 21.1. The summed E-state index contributed by atoms with van der Waals surface area (Å²) in [6.07, 6.45) is 0.634. The summed E-state index contributed by atoms with van der Waals surface area (Å²) in [4.78, 5) is 18.9. The van der Waals surface area contributed by atoms with Gasteiger partial charge in [-0.2, -0.15) is 0 Å². The van der Waals surface area contributed by atoms with Crippen molar-refractivity contribution in [2.24, 2.45) is 0 Å². The molecule has 0 aliphatic heterocycles. The second kappa shape index (κ2) is 9.99. The van der Waals surface area contributed by atoms with Crippen molar-refractivity contribution in [2.75, 3.05) is 0 Å². The molecule has 0 saturated heterocycles. The molecule has 0 aliphatic carbocycles. The number of para-hydroxylation sites is 2. The van der Waals surface area contributed by atoms with Crippen LogP contribution in [-0.4, -0.2) is 30.9 Å². The van der Waals surface area contributed by atoms with Gasteiger partial charge in [0.25, 0.3) is 0 Å². The fourth-order valence-electron chi connectivity index (χ4n) is 4.69. The van der Waals surface area contributed by atoms with Crippen molar-refractivity contribution >= 4 is 39.5 Å². The lowest BCUT2D eigenvalue weighted by atomic mass is 10.0. The molecule has 6 aromatic rings. The number of aromatic nitrogens is 4. The summed E-state index contributed by atoms with van der Waals surface area (Å²) in [5.74, 6) is 0.0156. The van der Waals surface area contributed by atoms with E-state index in [1.54, 1.807) is 0 Å². The maximum atomic E-state index is 14.0. The van der Waals surface area contributed by atoms with Crippen molar-refractivity contribution in [1.29, 1.82) is 0 Å². The van der Waals surface area contributed by atoms with Crippen molar-refractivity contribution in [3.8, 4) is 22.5 Å². The molecule has 0 amide bonds. The summed E-state index contributed by atoms with van der Waals surface area (Å²) in [5, 5.41) is 11.3. The summed E-state index contributed by atoms with van der Waals surface area (Å²) in [7, 11) is 0. The highest BCUT2D eigenvalue weighted by Crippen LogP contribution is 2.34. The van der Waals surface area contributed by atoms with E-state index >= 15 is 0 Å². The van der Waals surface area contributed by atoms with E-state index in [1.165, 1.54) is 11.8 Å². The van der Waals surface area contributed by atoms with Crippen LogP contribution in [0.3, 0.4) is 0 Å². The Labute approximate surface area is 219 Å². The minimum atomic E-state index is -0.368. The lowest BCUT2D eigenvalue weighted by molar-refractivity contribution is 0.0919. The van der Waals surface area contributed by atoms with Crippen LogP contribution in [-0.2, 0) is 0 Å². The number of carbonyl (C=O) groups excluding carboxylic acids is 1.